The average Bonchev–Trinajstić information content (AvgIpc) is 2.31. The van der Waals surface area contributed by atoms with Gasteiger partial charge in [0.05, 0.1) is 0 Å². The molecule has 3 nitrogen and oxygen atoms in total. The van der Waals surface area contributed by atoms with Crippen LogP contribution in [0.15, 0.2) is 24.3 Å². The smallest absolute Gasteiger partial charge is 0.433 e. The molecule has 0 aliphatic heterocycles. The second-order valence-electron chi connectivity index (χ2n) is 3.87. The van der Waals surface area contributed by atoms with Gasteiger partial charge in [0.25, 0.3) is 0 Å². The molecule has 0 fully saturated rings. The van der Waals surface area contributed by atoms with Gasteiger partial charge in [-0.15, -0.1) is 0 Å². The molecule has 0 radical (unpaired) electrons. The Bertz CT molecular complexity index is 647. The zero-order chi connectivity index (χ0) is 14.9. The van der Waals surface area contributed by atoms with Gasteiger partial charge >= 0.3 is 6.18 Å². The van der Waals surface area contributed by atoms with Gasteiger partial charge < -0.3 is 4.74 Å². The Morgan fingerprint density at radius 3 is 2.40 bits per heavy atom. The molecule has 0 saturated carbocycles. The summed E-state index contributed by atoms with van der Waals surface area (Å²) in [5, 5.41) is -0.0482. The second kappa shape index (κ2) is 5.46. The fraction of sp³-hybridized carbons (Fsp3) is 0.167. The van der Waals surface area contributed by atoms with Crippen LogP contribution in [0.2, 0.25) is 10.3 Å². The molecule has 0 N–H and O–H groups in total. The van der Waals surface area contributed by atoms with Crippen molar-refractivity contribution in [2.75, 3.05) is 0 Å². The molecule has 0 aliphatic rings. The van der Waals surface area contributed by atoms with Crippen LogP contribution in [0.5, 0.6) is 11.6 Å². The third kappa shape index (κ3) is 3.52. The first-order valence-electron chi connectivity index (χ1n) is 5.31. The maximum atomic E-state index is 12.6. The topological polar surface area (TPSA) is 35.0 Å². The molecule has 0 spiro atoms. The highest BCUT2D eigenvalue weighted by molar-refractivity contribution is 6.30. The Morgan fingerprint density at radius 2 is 1.80 bits per heavy atom. The Morgan fingerprint density at radius 1 is 1.10 bits per heavy atom. The normalized spacial score (nSPS) is 11.5. The summed E-state index contributed by atoms with van der Waals surface area (Å²) in [4.78, 5) is 6.72. The standard InChI is InChI=1S/C12H7Cl2F3N2O/c1-6-4-7(13)2-3-8(6)20-10-5-9(12(15,16)17)18-11(14)19-10/h2-5H,1H3. The summed E-state index contributed by atoms with van der Waals surface area (Å²) >= 11 is 11.2. The number of benzene rings is 1. The van der Waals surface area contributed by atoms with E-state index >= 15 is 0 Å². The maximum absolute atomic E-state index is 12.6. The van der Waals surface area contributed by atoms with E-state index in [0.717, 1.165) is 0 Å². The van der Waals surface area contributed by atoms with E-state index in [-0.39, 0.29) is 5.88 Å². The predicted octanol–water partition coefficient (Wildman–Crippen LogP) is 4.90. The molecule has 1 heterocycles. The van der Waals surface area contributed by atoms with E-state index < -0.39 is 17.2 Å². The Balaban J connectivity index is 2.36. The number of nitrogens with zero attached hydrogens (tertiary/aromatic N) is 2. The van der Waals surface area contributed by atoms with E-state index in [1.54, 1.807) is 19.1 Å². The SMILES string of the molecule is Cc1cc(Cl)ccc1Oc1cc(C(F)(F)F)nc(Cl)n1. The lowest BCUT2D eigenvalue weighted by molar-refractivity contribution is -0.141. The summed E-state index contributed by atoms with van der Waals surface area (Å²) in [7, 11) is 0. The van der Waals surface area contributed by atoms with Gasteiger partial charge in [-0.25, -0.2) is 4.98 Å². The molecule has 0 saturated heterocycles. The lowest BCUT2D eigenvalue weighted by Crippen LogP contribution is -2.09. The van der Waals surface area contributed by atoms with Crippen molar-refractivity contribution in [2.45, 2.75) is 13.1 Å². The van der Waals surface area contributed by atoms with Gasteiger partial charge in [-0.05, 0) is 42.3 Å². The number of aromatic nitrogens is 2. The molecule has 2 aromatic rings. The largest absolute Gasteiger partial charge is 0.439 e. The summed E-state index contributed by atoms with van der Waals surface area (Å²) < 4.78 is 43.1. The van der Waals surface area contributed by atoms with Gasteiger partial charge in [0.1, 0.15) is 5.75 Å². The van der Waals surface area contributed by atoms with Crippen LogP contribution < -0.4 is 4.74 Å². The van der Waals surface area contributed by atoms with Crippen molar-refractivity contribution in [1.82, 2.24) is 9.97 Å². The number of hydrogen-bond donors (Lipinski definition) is 0. The van der Waals surface area contributed by atoms with Crippen molar-refractivity contribution in [3.8, 4) is 11.6 Å². The van der Waals surface area contributed by atoms with Crippen LogP contribution in [0.1, 0.15) is 11.3 Å². The molecule has 0 atom stereocenters. The highest BCUT2D eigenvalue weighted by Crippen LogP contribution is 2.32. The number of aryl methyl sites for hydroxylation is 1. The molecule has 0 aliphatic carbocycles. The molecule has 1 aromatic carbocycles. The van der Waals surface area contributed by atoms with Crippen LogP contribution in [0.25, 0.3) is 0 Å². The lowest BCUT2D eigenvalue weighted by atomic mass is 10.2. The number of halogens is 5. The van der Waals surface area contributed by atoms with Crippen molar-refractivity contribution < 1.29 is 17.9 Å². The molecule has 8 heteroatoms. The lowest BCUT2D eigenvalue weighted by Gasteiger charge is -2.10. The van der Waals surface area contributed by atoms with Crippen LogP contribution in [0, 0.1) is 6.92 Å². The van der Waals surface area contributed by atoms with Crippen LogP contribution in [0.4, 0.5) is 13.2 Å². The summed E-state index contributed by atoms with van der Waals surface area (Å²) in [5.41, 5.74) is -0.514. The van der Waals surface area contributed by atoms with Crippen molar-refractivity contribution >= 4 is 23.2 Å². The van der Waals surface area contributed by atoms with E-state index in [9.17, 15) is 13.2 Å². The van der Waals surface area contributed by atoms with Gasteiger partial charge in [0.2, 0.25) is 11.2 Å². The Kier molecular flexibility index (Phi) is 4.06. The highest BCUT2D eigenvalue weighted by Gasteiger charge is 2.34. The van der Waals surface area contributed by atoms with Crippen LogP contribution in [0.3, 0.4) is 0 Å². The van der Waals surface area contributed by atoms with E-state index in [1.165, 1.54) is 6.07 Å². The molecular formula is C12H7Cl2F3N2O. The van der Waals surface area contributed by atoms with Gasteiger partial charge in [0, 0.05) is 11.1 Å². The van der Waals surface area contributed by atoms with Gasteiger partial charge in [-0.3, -0.25) is 0 Å². The van der Waals surface area contributed by atoms with Crippen LogP contribution in [-0.2, 0) is 6.18 Å². The molecule has 0 amide bonds. The molecule has 1 aromatic heterocycles. The van der Waals surface area contributed by atoms with Crippen LogP contribution >= 0.6 is 23.2 Å². The van der Waals surface area contributed by atoms with E-state index in [4.69, 9.17) is 27.9 Å². The number of alkyl halides is 3. The average molecular weight is 323 g/mol. The number of hydrogen-bond acceptors (Lipinski definition) is 3. The first-order valence-corrected chi connectivity index (χ1v) is 6.07. The first kappa shape index (κ1) is 14.9. The highest BCUT2D eigenvalue weighted by atomic mass is 35.5. The molecular weight excluding hydrogens is 316 g/mol. The maximum Gasteiger partial charge on any atom is 0.433 e. The van der Waals surface area contributed by atoms with Gasteiger partial charge in [0.15, 0.2) is 5.69 Å². The molecule has 20 heavy (non-hydrogen) atoms. The molecule has 2 rings (SSSR count). The van der Waals surface area contributed by atoms with Crippen molar-refractivity contribution in [1.29, 1.82) is 0 Å². The summed E-state index contributed by atoms with van der Waals surface area (Å²) in [6.45, 7) is 1.70. The number of ether oxygens (including phenoxy) is 1. The first-order chi connectivity index (χ1) is 9.25. The molecule has 0 unspecified atom stereocenters. The van der Waals surface area contributed by atoms with E-state index in [1.807, 2.05) is 0 Å². The van der Waals surface area contributed by atoms with Crippen molar-refractivity contribution in [3.05, 3.63) is 45.8 Å². The Hall–Kier alpha value is -1.53. The third-order valence-electron chi connectivity index (χ3n) is 2.32. The second-order valence-corrected chi connectivity index (χ2v) is 4.64. The molecule has 0 bridgehead atoms. The number of rotatable bonds is 2. The minimum Gasteiger partial charge on any atom is -0.439 e. The summed E-state index contributed by atoms with van der Waals surface area (Å²) in [6.07, 6.45) is -4.63. The zero-order valence-electron chi connectivity index (χ0n) is 10.0. The van der Waals surface area contributed by atoms with Gasteiger partial charge in [-0.1, -0.05) is 11.6 Å². The van der Waals surface area contributed by atoms with Crippen LogP contribution in [-0.4, -0.2) is 9.97 Å². The molecule has 106 valence electrons. The zero-order valence-corrected chi connectivity index (χ0v) is 11.5. The monoisotopic (exact) mass is 322 g/mol. The predicted molar refractivity (Wildman–Crippen MR) is 68.3 cm³/mol. The fourth-order valence-electron chi connectivity index (χ4n) is 1.43. The fourth-order valence-corrected chi connectivity index (χ4v) is 1.84. The van der Waals surface area contributed by atoms with Gasteiger partial charge in [-0.2, -0.15) is 18.2 Å². The minimum atomic E-state index is -4.63. The third-order valence-corrected chi connectivity index (χ3v) is 2.72. The summed E-state index contributed by atoms with van der Waals surface area (Å²) in [6, 6.07) is 5.38. The van der Waals surface area contributed by atoms with Crippen molar-refractivity contribution in [3.63, 3.8) is 0 Å². The van der Waals surface area contributed by atoms with Crippen molar-refractivity contribution in [2.24, 2.45) is 0 Å². The summed E-state index contributed by atoms with van der Waals surface area (Å²) in [5.74, 6) is 0.0417. The quantitative estimate of drug-likeness (QED) is 0.737. The minimum absolute atomic E-state index is 0.289. The Labute approximate surface area is 122 Å². The van der Waals surface area contributed by atoms with E-state index in [2.05, 4.69) is 9.97 Å². The van der Waals surface area contributed by atoms with E-state index in [0.29, 0.717) is 22.4 Å².